The van der Waals surface area contributed by atoms with Crippen molar-refractivity contribution in [1.29, 1.82) is 0 Å². The van der Waals surface area contributed by atoms with Crippen molar-refractivity contribution in [2.75, 3.05) is 13.2 Å². The number of carbonyl (C=O) groups excluding carboxylic acids is 3. The Morgan fingerprint density at radius 1 is 1.39 bits per heavy atom. The molecule has 33 heavy (non-hydrogen) atoms. The third-order valence-corrected chi connectivity index (χ3v) is 5.85. The molecule has 9 nitrogen and oxygen atoms in total. The topological polar surface area (TPSA) is 134 Å². The molecule has 1 aromatic rings. The number of hydrogen-bond donors (Lipinski definition) is 4. The van der Waals surface area contributed by atoms with E-state index in [1.54, 1.807) is 18.2 Å². The Labute approximate surface area is 208 Å². The van der Waals surface area contributed by atoms with Crippen LogP contribution in [0, 0.1) is 5.92 Å². The summed E-state index contributed by atoms with van der Waals surface area (Å²) in [5, 5.41) is 13.9. The van der Waals surface area contributed by atoms with Crippen LogP contribution in [0.4, 0.5) is 0 Å². The normalized spacial score (nSPS) is 18.2. The maximum atomic E-state index is 13.4. The van der Waals surface area contributed by atoms with Crippen LogP contribution in [0.2, 0.25) is 0 Å². The van der Waals surface area contributed by atoms with Crippen LogP contribution in [-0.2, 0) is 25.5 Å². The number of carbonyl (C=O) groups is 3. The Morgan fingerprint density at radius 2 is 2.15 bits per heavy atom. The number of esters is 1. The summed E-state index contributed by atoms with van der Waals surface area (Å²) in [7, 11) is 0. The van der Waals surface area contributed by atoms with Gasteiger partial charge >= 0.3 is 5.97 Å². The fourth-order valence-corrected chi connectivity index (χ4v) is 3.74. The number of nitrogens with one attached hydrogen (secondary N) is 2. The number of rotatable bonds is 10. The predicted molar refractivity (Wildman–Crippen MR) is 133 cm³/mol. The second kappa shape index (κ2) is 13.5. The van der Waals surface area contributed by atoms with Crippen LogP contribution in [0.15, 0.2) is 34.4 Å². The third kappa shape index (κ3) is 8.59. The molecule has 2 rings (SSSR count). The highest BCUT2D eigenvalue weighted by Gasteiger charge is 2.34. The lowest BCUT2D eigenvalue weighted by atomic mass is 10.0. The van der Waals surface area contributed by atoms with Crippen molar-refractivity contribution in [3.63, 3.8) is 0 Å². The van der Waals surface area contributed by atoms with E-state index in [1.165, 1.54) is 11.1 Å². The third-order valence-electron chi connectivity index (χ3n) is 5.34. The Morgan fingerprint density at radius 3 is 2.82 bits per heavy atom. The molecule has 182 valence electrons. The van der Waals surface area contributed by atoms with Crippen LogP contribution in [0.5, 0.6) is 5.75 Å². The number of phenols is 1. The average molecular weight is 572 g/mol. The summed E-state index contributed by atoms with van der Waals surface area (Å²) < 4.78 is 7.15. The van der Waals surface area contributed by atoms with Crippen molar-refractivity contribution in [3.8, 4) is 5.75 Å². The van der Waals surface area contributed by atoms with Crippen molar-refractivity contribution in [2.24, 2.45) is 11.7 Å². The summed E-state index contributed by atoms with van der Waals surface area (Å²) in [5.41, 5.74) is 9.61. The van der Waals surface area contributed by atoms with Gasteiger partial charge in [0, 0.05) is 19.4 Å². The van der Waals surface area contributed by atoms with Crippen molar-refractivity contribution in [3.05, 3.63) is 40.0 Å². The number of aromatic hydroxyl groups is 1. The fourth-order valence-electron chi connectivity index (χ4n) is 3.38. The molecule has 0 aromatic heterocycles. The van der Waals surface area contributed by atoms with E-state index in [9.17, 15) is 19.5 Å². The highest BCUT2D eigenvalue weighted by Crippen LogP contribution is 2.16. The zero-order chi connectivity index (χ0) is 24.4. The van der Waals surface area contributed by atoms with Crippen molar-refractivity contribution in [1.82, 2.24) is 15.8 Å². The second-order valence-electron chi connectivity index (χ2n) is 8.34. The first-order valence-corrected chi connectivity index (χ1v) is 12.3. The Balaban J connectivity index is 2.11. The number of phenolic OH excluding ortho intramolecular Hbond substituents is 1. The van der Waals surface area contributed by atoms with E-state index in [4.69, 9.17) is 10.5 Å². The number of nitrogens with two attached hydrogens (primary N) is 1. The minimum absolute atomic E-state index is 0.0697. The molecule has 1 aromatic carbocycles. The second-order valence-corrected chi connectivity index (χ2v) is 9.06. The molecular formula is C23H33IN4O5. The largest absolute Gasteiger partial charge is 0.508 e. The molecule has 1 fully saturated rings. The molecule has 1 heterocycles. The summed E-state index contributed by atoms with van der Waals surface area (Å²) in [6.45, 7) is 4.32. The molecule has 5 N–H and O–H groups in total. The van der Waals surface area contributed by atoms with Gasteiger partial charge < -0.3 is 20.9 Å². The maximum absolute atomic E-state index is 13.4. The van der Waals surface area contributed by atoms with Gasteiger partial charge in [-0.25, -0.2) is 5.43 Å². The van der Waals surface area contributed by atoms with Crippen molar-refractivity contribution in [2.45, 2.75) is 57.7 Å². The summed E-state index contributed by atoms with van der Waals surface area (Å²) in [6.07, 6.45) is 3.85. The smallest absolute Gasteiger partial charge is 0.324 e. The Bertz CT molecular complexity index is 848. The van der Waals surface area contributed by atoms with E-state index < -0.39 is 30.0 Å². The molecular weight excluding hydrogens is 539 g/mol. The fraction of sp³-hybridized carbons (Fsp3) is 0.522. The molecule has 0 aliphatic carbocycles. The quantitative estimate of drug-likeness (QED) is 0.191. The lowest BCUT2D eigenvalue weighted by molar-refractivity contribution is -0.153. The number of ether oxygens (including phenoxy) is 1. The molecule has 1 aliphatic rings. The average Bonchev–Trinajstić information content (AvgIpc) is 2.80. The first-order chi connectivity index (χ1) is 15.7. The minimum Gasteiger partial charge on any atom is -0.508 e. The van der Waals surface area contributed by atoms with Crippen LogP contribution in [0.25, 0.3) is 0 Å². The van der Waals surface area contributed by atoms with E-state index in [1.807, 2.05) is 24.0 Å². The van der Waals surface area contributed by atoms with Crippen LogP contribution < -0.4 is 16.5 Å². The molecule has 10 heteroatoms. The molecule has 0 radical (unpaired) electrons. The van der Waals surface area contributed by atoms with Gasteiger partial charge in [0.15, 0.2) is 0 Å². The molecule has 0 spiro atoms. The van der Waals surface area contributed by atoms with Gasteiger partial charge in [-0.05, 0) is 40.5 Å². The van der Waals surface area contributed by atoms with Gasteiger partial charge in [0.25, 0.3) is 5.91 Å². The summed E-state index contributed by atoms with van der Waals surface area (Å²) in [5.74, 6) is -1.26. The summed E-state index contributed by atoms with van der Waals surface area (Å²) >= 11 is 2.10. The number of amides is 2. The zero-order valence-corrected chi connectivity index (χ0v) is 21.2. The van der Waals surface area contributed by atoms with Crippen LogP contribution in [0.3, 0.4) is 0 Å². The van der Waals surface area contributed by atoms with Crippen LogP contribution >= 0.6 is 22.6 Å². The first-order valence-electron chi connectivity index (χ1n) is 11.1. The maximum Gasteiger partial charge on any atom is 0.324 e. The lowest BCUT2D eigenvalue weighted by Gasteiger charge is -2.35. The number of benzene rings is 1. The van der Waals surface area contributed by atoms with Gasteiger partial charge in [-0.15, -0.1) is 0 Å². The van der Waals surface area contributed by atoms with Crippen LogP contribution in [0.1, 0.15) is 38.7 Å². The van der Waals surface area contributed by atoms with Crippen LogP contribution in [-0.4, -0.2) is 59.2 Å². The monoisotopic (exact) mass is 572 g/mol. The molecule has 1 aliphatic heterocycles. The van der Waals surface area contributed by atoms with Gasteiger partial charge in [-0.1, -0.05) is 54.6 Å². The Kier molecular flexibility index (Phi) is 11.1. The molecule has 0 bridgehead atoms. The number of hydrazine groups is 1. The molecule has 2 amide bonds. The van der Waals surface area contributed by atoms with E-state index in [0.717, 1.165) is 0 Å². The summed E-state index contributed by atoms with van der Waals surface area (Å²) in [4.78, 5) is 38.4. The highest BCUT2D eigenvalue weighted by atomic mass is 127. The standard InChI is InChI=1S/C23H33IN4O5/c1-15(2)20(25)21(30)26-19(14-16-7-5-8-17(29)13-16)22(31)28-11-6-9-18(27-28)23(32)33-12-4-3-10-24/h3,5,7-8,10,13,15,18-20,27,29H,4,6,9,11-12,14,25H2,1-2H3,(H,26,30)/t18-,19-,20-/m0/s1. The zero-order valence-electron chi connectivity index (χ0n) is 19.0. The number of hydrogen-bond acceptors (Lipinski definition) is 7. The molecule has 0 saturated carbocycles. The lowest BCUT2D eigenvalue weighted by Crippen LogP contribution is -2.61. The van der Waals surface area contributed by atoms with E-state index >= 15 is 0 Å². The SMILES string of the molecule is CC(C)[C@H](N)C(=O)N[C@@H](Cc1cccc(O)c1)C(=O)N1CCC[C@@H](C(=O)OCCC=CI)N1. The minimum atomic E-state index is -0.917. The van der Waals surface area contributed by atoms with Gasteiger partial charge in [-0.3, -0.25) is 19.4 Å². The van der Waals surface area contributed by atoms with E-state index in [0.29, 0.717) is 31.4 Å². The van der Waals surface area contributed by atoms with Gasteiger partial charge in [0.1, 0.15) is 17.8 Å². The molecule has 3 atom stereocenters. The first kappa shape index (κ1) is 27.1. The van der Waals surface area contributed by atoms with Gasteiger partial charge in [0.05, 0.1) is 12.6 Å². The van der Waals surface area contributed by atoms with Crippen molar-refractivity contribution < 1.29 is 24.2 Å². The van der Waals surface area contributed by atoms with E-state index in [2.05, 4.69) is 33.3 Å². The van der Waals surface area contributed by atoms with Gasteiger partial charge in [0.2, 0.25) is 5.91 Å². The summed E-state index contributed by atoms with van der Waals surface area (Å²) in [6, 6.07) is 4.20. The number of halogens is 1. The van der Waals surface area contributed by atoms with Crippen molar-refractivity contribution >= 4 is 40.4 Å². The van der Waals surface area contributed by atoms with E-state index in [-0.39, 0.29) is 30.6 Å². The number of nitrogens with zero attached hydrogens (tertiary/aromatic N) is 1. The highest BCUT2D eigenvalue weighted by molar-refractivity contribution is 14.1. The predicted octanol–water partition coefficient (Wildman–Crippen LogP) is 1.78. The Hall–Kier alpha value is -2.18. The molecule has 1 saturated heterocycles. The molecule has 0 unspecified atom stereocenters. The van der Waals surface area contributed by atoms with Gasteiger partial charge in [-0.2, -0.15) is 0 Å².